The first kappa shape index (κ1) is 14.6. The van der Waals surface area contributed by atoms with Crippen LogP contribution in [0.1, 0.15) is 29.5 Å². The molecule has 0 radical (unpaired) electrons. The van der Waals surface area contributed by atoms with Crippen molar-refractivity contribution in [1.29, 1.82) is 0 Å². The number of nitrogens with zero attached hydrogens (tertiary/aromatic N) is 1. The van der Waals surface area contributed by atoms with Crippen molar-refractivity contribution in [2.24, 2.45) is 0 Å². The first-order valence-corrected chi connectivity index (χ1v) is 7.97. The Hall–Kier alpha value is -2.28. The van der Waals surface area contributed by atoms with Gasteiger partial charge < -0.3 is 4.90 Å². The second kappa shape index (κ2) is 6.65. The zero-order valence-corrected chi connectivity index (χ0v) is 13.2. The molecule has 22 heavy (non-hydrogen) atoms. The van der Waals surface area contributed by atoms with Crippen LogP contribution >= 0.6 is 0 Å². The van der Waals surface area contributed by atoms with Gasteiger partial charge in [-0.3, -0.25) is 0 Å². The maximum atomic E-state index is 4.02. The molecule has 0 aromatic heterocycles. The monoisotopic (exact) mass is 289 g/mol. The summed E-state index contributed by atoms with van der Waals surface area (Å²) in [5, 5.41) is 0. The van der Waals surface area contributed by atoms with E-state index in [-0.39, 0.29) is 0 Å². The first-order chi connectivity index (χ1) is 10.8. The summed E-state index contributed by atoms with van der Waals surface area (Å²) in [6, 6.07) is 19.7. The lowest BCUT2D eigenvalue weighted by Crippen LogP contribution is -2.31. The van der Waals surface area contributed by atoms with E-state index in [9.17, 15) is 0 Å². The number of hydrogen-bond donors (Lipinski definition) is 0. The molecule has 1 atom stereocenters. The molecule has 112 valence electrons. The lowest BCUT2D eigenvalue weighted by atomic mass is 9.92. The molecule has 0 amide bonds. The summed E-state index contributed by atoms with van der Waals surface area (Å²) >= 11 is 0. The van der Waals surface area contributed by atoms with Gasteiger partial charge in [-0.15, -0.1) is 6.58 Å². The minimum atomic E-state index is 0.424. The highest BCUT2D eigenvalue weighted by atomic mass is 15.1. The maximum absolute atomic E-state index is 4.02. The van der Waals surface area contributed by atoms with E-state index in [0.717, 1.165) is 19.4 Å². The number of aryl methyl sites for hydroxylation is 1. The van der Waals surface area contributed by atoms with Crippen LogP contribution in [-0.2, 0) is 6.54 Å². The third kappa shape index (κ3) is 3.14. The smallest absolute Gasteiger partial charge is 0.0472 e. The molecule has 1 aliphatic rings. The molecule has 1 heteroatoms. The van der Waals surface area contributed by atoms with E-state index in [0.29, 0.717) is 6.04 Å². The van der Waals surface area contributed by atoms with Crippen LogP contribution < -0.4 is 0 Å². The fraction of sp³-hybridized carbons (Fsp3) is 0.238. The Morgan fingerprint density at radius 1 is 1.09 bits per heavy atom. The molecule has 0 N–H and O–H groups in total. The minimum absolute atomic E-state index is 0.424. The fourth-order valence-corrected chi connectivity index (χ4v) is 3.18. The normalized spacial score (nSPS) is 18.0. The zero-order valence-electron chi connectivity index (χ0n) is 13.2. The topological polar surface area (TPSA) is 3.24 Å². The van der Waals surface area contributed by atoms with Gasteiger partial charge in [0.15, 0.2) is 0 Å². The third-order valence-electron chi connectivity index (χ3n) is 4.43. The molecule has 1 aliphatic heterocycles. The standard InChI is InChI=1S/C21H23N/c1-3-20-14-13-19(21-12-8-7-9-17(21)2)16-22(20)15-18-10-5-4-6-11-18/h3-12,16,20H,1,13-15H2,2H3/t20-/m0/s1. The lowest BCUT2D eigenvalue weighted by Gasteiger charge is -2.34. The second-order valence-electron chi connectivity index (χ2n) is 5.97. The van der Waals surface area contributed by atoms with Crippen LogP contribution in [-0.4, -0.2) is 10.9 Å². The van der Waals surface area contributed by atoms with Gasteiger partial charge in [-0.1, -0.05) is 60.7 Å². The number of allylic oxidation sites excluding steroid dienone is 1. The van der Waals surface area contributed by atoms with Crippen LogP contribution in [0.15, 0.2) is 73.5 Å². The molecule has 0 unspecified atom stereocenters. The highest BCUT2D eigenvalue weighted by Crippen LogP contribution is 2.31. The van der Waals surface area contributed by atoms with E-state index < -0.39 is 0 Å². The van der Waals surface area contributed by atoms with E-state index in [2.05, 4.69) is 85.3 Å². The molecule has 0 saturated heterocycles. The van der Waals surface area contributed by atoms with Crippen molar-refractivity contribution in [2.75, 3.05) is 0 Å². The summed E-state index contributed by atoms with van der Waals surface area (Å²) in [5.74, 6) is 0. The van der Waals surface area contributed by atoms with Crippen molar-refractivity contribution in [3.63, 3.8) is 0 Å². The summed E-state index contributed by atoms with van der Waals surface area (Å²) in [6.07, 6.45) is 6.67. The lowest BCUT2D eigenvalue weighted by molar-refractivity contribution is 0.289. The van der Waals surface area contributed by atoms with E-state index in [1.54, 1.807) is 0 Å². The van der Waals surface area contributed by atoms with E-state index >= 15 is 0 Å². The number of rotatable bonds is 4. The van der Waals surface area contributed by atoms with Gasteiger partial charge in [-0.2, -0.15) is 0 Å². The molecule has 2 aromatic carbocycles. The second-order valence-corrected chi connectivity index (χ2v) is 5.97. The van der Waals surface area contributed by atoms with Crippen molar-refractivity contribution in [1.82, 2.24) is 4.90 Å². The summed E-state index contributed by atoms with van der Waals surface area (Å²) in [6.45, 7) is 7.15. The Bertz CT molecular complexity index is 669. The Morgan fingerprint density at radius 2 is 1.82 bits per heavy atom. The molecule has 1 nitrogen and oxygen atoms in total. The molecule has 0 fully saturated rings. The molecule has 0 spiro atoms. The molecule has 1 heterocycles. The average molecular weight is 289 g/mol. The van der Waals surface area contributed by atoms with Gasteiger partial charge in [-0.25, -0.2) is 0 Å². The van der Waals surface area contributed by atoms with Crippen LogP contribution in [0.25, 0.3) is 5.57 Å². The van der Waals surface area contributed by atoms with Crippen LogP contribution in [0.2, 0.25) is 0 Å². The predicted molar refractivity (Wildman–Crippen MR) is 94.4 cm³/mol. The van der Waals surface area contributed by atoms with Crippen molar-refractivity contribution >= 4 is 5.57 Å². The molecule has 2 aromatic rings. The third-order valence-corrected chi connectivity index (χ3v) is 4.43. The fourth-order valence-electron chi connectivity index (χ4n) is 3.18. The molecular formula is C21H23N. The van der Waals surface area contributed by atoms with Crippen LogP contribution in [0.5, 0.6) is 0 Å². The minimum Gasteiger partial charge on any atom is -0.366 e. The van der Waals surface area contributed by atoms with Gasteiger partial charge in [-0.05, 0) is 42.0 Å². The molecule has 0 bridgehead atoms. The Morgan fingerprint density at radius 3 is 2.55 bits per heavy atom. The predicted octanol–water partition coefficient (Wildman–Crippen LogP) is 5.19. The number of benzene rings is 2. The SMILES string of the molecule is C=C[C@H]1CCC(c2ccccc2C)=CN1Cc1ccccc1. The zero-order chi connectivity index (χ0) is 15.4. The Balaban J connectivity index is 1.90. The van der Waals surface area contributed by atoms with E-state index in [1.165, 1.54) is 22.3 Å². The van der Waals surface area contributed by atoms with E-state index in [4.69, 9.17) is 0 Å². The average Bonchev–Trinajstić information content (AvgIpc) is 2.56. The Labute approximate surface area is 133 Å². The summed E-state index contributed by atoms with van der Waals surface area (Å²) in [4.78, 5) is 2.42. The van der Waals surface area contributed by atoms with Crippen molar-refractivity contribution in [2.45, 2.75) is 32.4 Å². The van der Waals surface area contributed by atoms with Gasteiger partial charge in [0.2, 0.25) is 0 Å². The highest BCUT2D eigenvalue weighted by Gasteiger charge is 2.20. The van der Waals surface area contributed by atoms with Gasteiger partial charge in [0.05, 0.1) is 0 Å². The highest BCUT2D eigenvalue weighted by molar-refractivity contribution is 5.68. The number of hydrogen-bond acceptors (Lipinski definition) is 1. The van der Waals surface area contributed by atoms with Crippen molar-refractivity contribution in [3.8, 4) is 0 Å². The Kier molecular flexibility index (Phi) is 4.43. The first-order valence-electron chi connectivity index (χ1n) is 7.97. The van der Waals surface area contributed by atoms with Gasteiger partial charge in [0.1, 0.15) is 0 Å². The maximum Gasteiger partial charge on any atom is 0.0472 e. The van der Waals surface area contributed by atoms with Crippen LogP contribution in [0.3, 0.4) is 0 Å². The van der Waals surface area contributed by atoms with Crippen molar-refractivity contribution in [3.05, 3.63) is 90.1 Å². The van der Waals surface area contributed by atoms with Gasteiger partial charge in [0.25, 0.3) is 0 Å². The molecule has 0 saturated carbocycles. The van der Waals surface area contributed by atoms with Crippen LogP contribution in [0.4, 0.5) is 0 Å². The van der Waals surface area contributed by atoms with Gasteiger partial charge >= 0.3 is 0 Å². The molecule has 3 rings (SSSR count). The van der Waals surface area contributed by atoms with Crippen LogP contribution in [0, 0.1) is 6.92 Å². The summed E-state index contributed by atoms with van der Waals surface area (Å²) in [7, 11) is 0. The summed E-state index contributed by atoms with van der Waals surface area (Å²) < 4.78 is 0. The van der Waals surface area contributed by atoms with E-state index in [1.807, 2.05) is 0 Å². The largest absolute Gasteiger partial charge is 0.366 e. The molecular weight excluding hydrogens is 266 g/mol. The van der Waals surface area contributed by atoms with Gasteiger partial charge in [0, 0.05) is 18.8 Å². The van der Waals surface area contributed by atoms with Crippen molar-refractivity contribution < 1.29 is 0 Å². The molecule has 0 aliphatic carbocycles. The quantitative estimate of drug-likeness (QED) is 0.700. The summed E-state index contributed by atoms with van der Waals surface area (Å²) in [5.41, 5.74) is 5.51.